The molecule has 0 saturated carbocycles. The largest absolute Gasteiger partial charge is 0.334 e. The monoisotopic (exact) mass is 337 g/mol. The fraction of sp³-hybridized carbons (Fsp3) is 0.0667. The quantitative estimate of drug-likeness (QED) is 0.454. The smallest absolute Gasteiger partial charge is 0.280 e. The zero-order valence-corrected chi connectivity index (χ0v) is 12.4. The molecular formula is C15H10F3N3OS. The Labute approximate surface area is 132 Å². The molecule has 0 radical (unpaired) electrons. The number of aromatic nitrogens is 2. The Morgan fingerprint density at radius 1 is 1.09 bits per heavy atom. The number of nitrogens with two attached hydrogens (primary N) is 1. The second kappa shape index (κ2) is 5.96. The van der Waals surface area contributed by atoms with Crippen LogP contribution in [0.3, 0.4) is 0 Å². The van der Waals surface area contributed by atoms with Crippen LogP contribution in [0.15, 0.2) is 46.3 Å². The molecule has 23 heavy (non-hydrogen) atoms. The molecule has 118 valence electrons. The zero-order chi connectivity index (χ0) is 16.6. The lowest BCUT2D eigenvalue weighted by Gasteiger charge is -2.09. The molecule has 0 fully saturated rings. The van der Waals surface area contributed by atoms with Gasteiger partial charge in [-0.25, -0.2) is 22.8 Å². The van der Waals surface area contributed by atoms with Gasteiger partial charge in [-0.05, 0) is 30.3 Å². The molecule has 1 heterocycles. The highest BCUT2D eigenvalue weighted by Gasteiger charge is 2.12. The van der Waals surface area contributed by atoms with E-state index in [0.29, 0.717) is 0 Å². The average molecular weight is 337 g/mol. The van der Waals surface area contributed by atoms with Crippen molar-refractivity contribution in [1.82, 2.24) is 9.66 Å². The van der Waals surface area contributed by atoms with Gasteiger partial charge in [-0.1, -0.05) is 11.8 Å². The van der Waals surface area contributed by atoms with Crippen molar-refractivity contribution in [3.8, 4) is 0 Å². The van der Waals surface area contributed by atoms with Crippen molar-refractivity contribution < 1.29 is 13.2 Å². The lowest BCUT2D eigenvalue weighted by atomic mass is 10.2. The molecular weight excluding hydrogens is 327 g/mol. The maximum atomic E-state index is 13.6. The fourth-order valence-electron chi connectivity index (χ4n) is 2.05. The van der Waals surface area contributed by atoms with Crippen LogP contribution in [0, 0.1) is 17.5 Å². The summed E-state index contributed by atoms with van der Waals surface area (Å²) in [5, 5.41) is 0.256. The third-order valence-corrected chi connectivity index (χ3v) is 4.20. The van der Waals surface area contributed by atoms with Crippen LogP contribution in [-0.2, 0) is 5.75 Å². The zero-order valence-electron chi connectivity index (χ0n) is 11.6. The van der Waals surface area contributed by atoms with Gasteiger partial charge in [0.2, 0.25) is 0 Å². The lowest BCUT2D eigenvalue weighted by Crippen LogP contribution is -2.29. The van der Waals surface area contributed by atoms with E-state index in [2.05, 4.69) is 4.98 Å². The number of hydrogen-bond donors (Lipinski definition) is 1. The third kappa shape index (κ3) is 3.02. The van der Waals surface area contributed by atoms with Crippen molar-refractivity contribution in [3.63, 3.8) is 0 Å². The molecule has 0 atom stereocenters. The summed E-state index contributed by atoms with van der Waals surface area (Å²) in [6.45, 7) is 0. The minimum absolute atomic E-state index is 0.0219. The first-order valence-electron chi connectivity index (χ1n) is 6.50. The Morgan fingerprint density at radius 2 is 1.78 bits per heavy atom. The Balaban J connectivity index is 1.98. The van der Waals surface area contributed by atoms with Crippen LogP contribution in [0.1, 0.15) is 5.56 Å². The minimum Gasteiger partial charge on any atom is -0.334 e. The summed E-state index contributed by atoms with van der Waals surface area (Å²) in [5.74, 6) is 4.02. The molecule has 1 aromatic heterocycles. The molecule has 0 spiro atoms. The van der Waals surface area contributed by atoms with Gasteiger partial charge in [0.05, 0.1) is 10.9 Å². The summed E-state index contributed by atoms with van der Waals surface area (Å²) >= 11 is 0.956. The topological polar surface area (TPSA) is 60.9 Å². The maximum absolute atomic E-state index is 13.6. The molecule has 0 aliphatic heterocycles. The fourth-order valence-corrected chi connectivity index (χ4v) is 2.94. The predicted octanol–water partition coefficient (Wildman–Crippen LogP) is 2.82. The van der Waals surface area contributed by atoms with E-state index in [4.69, 9.17) is 5.84 Å². The predicted molar refractivity (Wildman–Crippen MR) is 82.0 cm³/mol. The van der Waals surface area contributed by atoms with Gasteiger partial charge in [-0.3, -0.25) is 4.79 Å². The first-order valence-corrected chi connectivity index (χ1v) is 7.48. The van der Waals surface area contributed by atoms with E-state index in [1.807, 2.05) is 0 Å². The van der Waals surface area contributed by atoms with E-state index in [0.717, 1.165) is 46.8 Å². The summed E-state index contributed by atoms with van der Waals surface area (Å²) in [7, 11) is 0. The number of nitrogens with zero attached hydrogens (tertiary/aromatic N) is 2. The van der Waals surface area contributed by atoms with E-state index in [1.54, 1.807) is 0 Å². The van der Waals surface area contributed by atoms with E-state index in [-0.39, 0.29) is 27.4 Å². The Bertz CT molecular complexity index is 959. The van der Waals surface area contributed by atoms with E-state index in [1.165, 1.54) is 6.07 Å². The molecule has 0 amide bonds. The van der Waals surface area contributed by atoms with Gasteiger partial charge in [0.1, 0.15) is 17.5 Å². The molecule has 3 aromatic rings. The molecule has 0 unspecified atom stereocenters. The van der Waals surface area contributed by atoms with Gasteiger partial charge in [-0.15, -0.1) is 0 Å². The highest BCUT2D eigenvalue weighted by Crippen LogP contribution is 2.23. The lowest BCUT2D eigenvalue weighted by molar-refractivity contribution is 0.591. The van der Waals surface area contributed by atoms with E-state index in [9.17, 15) is 18.0 Å². The third-order valence-electron chi connectivity index (χ3n) is 3.20. The number of fused-ring (bicyclic) bond motifs is 1. The van der Waals surface area contributed by atoms with Gasteiger partial charge in [-0.2, -0.15) is 0 Å². The van der Waals surface area contributed by atoms with Crippen molar-refractivity contribution in [2.45, 2.75) is 10.9 Å². The van der Waals surface area contributed by atoms with E-state index >= 15 is 0 Å². The second-order valence-electron chi connectivity index (χ2n) is 4.76. The first-order chi connectivity index (χ1) is 11.0. The molecule has 0 aliphatic rings. The summed E-state index contributed by atoms with van der Waals surface area (Å²) in [4.78, 5) is 16.2. The number of nitrogen functional groups attached to an aromatic ring is 1. The van der Waals surface area contributed by atoms with Gasteiger partial charge in [0.25, 0.3) is 5.56 Å². The minimum atomic E-state index is -0.573. The summed E-state index contributed by atoms with van der Waals surface area (Å²) in [6, 6.07) is 6.64. The van der Waals surface area contributed by atoms with Crippen molar-refractivity contribution in [2.24, 2.45) is 0 Å². The van der Waals surface area contributed by atoms with Crippen molar-refractivity contribution >= 4 is 22.7 Å². The maximum Gasteiger partial charge on any atom is 0.280 e. The first kappa shape index (κ1) is 15.4. The van der Waals surface area contributed by atoms with Crippen LogP contribution in [0.2, 0.25) is 0 Å². The van der Waals surface area contributed by atoms with Crippen LogP contribution in [0.25, 0.3) is 10.9 Å². The van der Waals surface area contributed by atoms with Crippen molar-refractivity contribution in [3.05, 3.63) is 69.8 Å². The van der Waals surface area contributed by atoms with Crippen molar-refractivity contribution in [2.75, 3.05) is 5.84 Å². The number of thioether (sulfide) groups is 1. The van der Waals surface area contributed by atoms with Crippen LogP contribution in [-0.4, -0.2) is 9.66 Å². The number of benzene rings is 2. The molecule has 8 heteroatoms. The molecule has 4 nitrogen and oxygen atoms in total. The number of halogens is 3. The Hall–Kier alpha value is -2.48. The normalized spacial score (nSPS) is 11.1. The average Bonchev–Trinajstić information content (AvgIpc) is 2.52. The van der Waals surface area contributed by atoms with Gasteiger partial charge >= 0.3 is 0 Å². The number of rotatable bonds is 3. The number of hydrogen-bond acceptors (Lipinski definition) is 4. The van der Waals surface area contributed by atoms with Crippen LogP contribution < -0.4 is 11.4 Å². The summed E-state index contributed by atoms with van der Waals surface area (Å²) in [5.41, 5.74) is -0.278. The molecule has 3 rings (SSSR count). The molecule has 0 bridgehead atoms. The Kier molecular flexibility index (Phi) is 3.99. The van der Waals surface area contributed by atoms with Crippen LogP contribution in [0.4, 0.5) is 13.2 Å². The van der Waals surface area contributed by atoms with Crippen LogP contribution >= 0.6 is 11.8 Å². The Morgan fingerprint density at radius 3 is 2.57 bits per heavy atom. The molecule has 0 saturated heterocycles. The van der Waals surface area contributed by atoms with Crippen LogP contribution in [0.5, 0.6) is 0 Å². The van der Waals surface area contributed by atoms with Gasteiger partial charge in [0, 0.05) is 17.4 Å². The standard InChI is InChI=1S/C15H10F3N3OS/c16-9-2-4-12(18)8(5-9)7-23-15-20-13-6-10(17)1-3-11(13)14(22)21(15)19/h1-6H,7,19H2. The molecule has 2 N–H and O–H groups in total. The highest BCUT2D eigenvalue weighted by atomic mass is 32.2. The van der Waals surface area contributed by atoms with Gasteiger partial charge in [0.15, 0.2) is 5.16 Å². The van der Waals surface area contributed by atoms with E-state index < -0.39 is 23.0 Å². The summed E-state index contributed by atoms with van der Waals surface area (Å²) < 4.78 is 40.8. The van der Waals surface area contributed by atoms with Gasteiger partial charge < -0.3 is 5.84 Å². The molecule has 0 aliphatic carbocycles. The molecule has 2 aromatic carbocycles. The highest BCUT2D eigenvalue weighted by molar-refractivity contribution is 7.98. The van der Waals surface area contributed by atoms with Crippen molar-refractivity contribution in [1.29, 1.82) is 0 Å². The SMILES string of the molecule is Nn1c(SCc2cc(F)ccc2F)nc2cc(F)ccc2c1=O. The second-order valence-corrected chi connectivity index (χ2v) is 5.70. The summed E-state index contributed by atoms with van der Waals surface area (Å²) in [6.07, 6.45) is 0.